The number of rotatable bonds is 4. The van der Waals surface area contributed by atoms with Gasteiger partial charge in [-0.2, -0.15) is 12.6 Å². The first-order chi connectivity index (χ1) is 9.12. The van der Waals surface area contributed by atoms with Crippen LogP contribution in [-0.4, -0.2) is 10.1 Å². The van der Waals surface area contributed by atoms with Crippen molar-refractivity contribution in [2.45, 2.75) is 75.9 Å². The van der Waals surface area contributed by atoms with E-state index in [1.54, 1.807) is 0 Å². The van der Waals surface area contributed by atoms with Crippen LogP contribution in [0.1, 0.15) is 70.6 Å². The summed E-state index contributed by atoms with van der Waals surface area (Å²) in [7, 11) is 0. The quantitative estimate of drug-likeness (QED) is 0.549. The van der Waals surface area contributed by atoms with Gasteiger partial charge in [0.15, 0.2) is 0 Å². The fourth-order valence-electron chi connectivity index (χ4n) is 5.90. The molecule has 4 saturated carbocycles. The second kappa shape index (κ2) is 4.47. The lowest BCUT2D eigenvalue weighted by atomic mass is 9.74. The predicted octanol–water partition coefficient (Wildman–Crippen LogP) is 5.21. The minimum atomic E-state index is 0.480. The zero-order chi connectivity index (χ0) is 13.1. The van der Waals surface area contributed by atoms with Crippen LogP contribution in [0.5, 0.6) is 0 Å². The van der Waals surface area contributed by atoms with E-state index in [0.29, 0.717) is 16.1 Å². The summed E-state index contributed by atoms with van der Waals surface area (Å²) in [5.41, 5.74) is 1.05. The normalized spacial score (nSPS) is 48.9. The summed E-state index contributed by atoms with van der Waals surface area (Å²) in [5.74, 6) is 2.04. The van der Waals surface area contributed by atoms with Gasteiger partial charge in [-0.3, -0.25) is 0 Å². The number of fused-ring (bicyclic) bond motifs is 4. The maximum Gasteiger partial charge on any atom is 0.0119 e. The molecule has 0 nitrogen and oxygen atoms in total. The molecule has 4 rings (SSSR count). The number of thiol groups is 1. The van der Waals surface area contributed by atoms with Crippen molar-refractivity contribution in [3.05, 3.63) is 0 Å². The largest absolute Gasteiger partial charge is 0.175 e. The van der Waals surface area contributed by atoms with Crippen molar-refractivity contribution in [3.8, 4) is 0 Å². The Hall–Kier alpha value is 0.440. The van der Waals surface area contributed by atoms with Crippen LogP contribution in [-0.2, 0) is 0 Å². The Morgan fingerprint density at radius 1 is 1.00 bits per heavy atom. The molecule has 0 spiro atoms. The molecular formula is C17H26S2. The van der Waals surface area contributed by atoms with Crippen molar-refractivity contribution >= 4 is 29.7 Å². The maximum atomic E-state index is 5.93. The summed E-state index contributed by atoms with van der Waals surface area (Å²) in [6.45, 7) is 0. The third-order valence-corrected chi connectivity index (χ3v) is 8.54. The van der Waals surface area contributed by atoms with E-state index in [1.807, 2.05) is 0 Å². The average molecular weight is 295 g/mol. The van der Waals surface area contributed by atoms with Crippen LogP contribution in [0.2, 0.25) is 0 Å². The van der Waals surface area contributed by atoms with Crippen molar-refractivity contribution < 1.29 is 0 Å². The van der Waals surface area contributed by atoms with Crippen LogP contribution >= 0.6 is 24.8 Å². The van der Waals surface area contributed by atoms with Crippen molar-refractivity contribution in [2.75, 3.05) is 0 Å². The molecule has 1 atom stereocenters. The first-order valence-electron chi connectivity index (χ1n) is 8.33. The van der Waals surface area contributed by atoms with Gasteiger partial charge in [0.05, 0.1) is 0 Å². The van der Waals surface area contributed by atoms with E-state index < -0.39 is 0 Å². The molecule has 0 radical (unpaired) electrons. The van der Waals surface area contributed by atoms with Gasteiger partial charge in [0.25, 0.3) is 0 Å². The molecule has 0 saturated heterocycles. The topological polar surface area (TPSA) is 0 Å². The predicted molar refractivity (Wildman–Crippen MR) is 88.0 cm³/mol. The van der Waals surface area contributed by atoms with Crippen molar-refractivity contribution in [1.82, 2.24) is 0 Å². The van der Waals surface area contributed by atoms with E-state index in [1.165, 1.54) is 69.1 Å². The maximum absolute atomic E-state index is 5.93. The molecule has 0 heterocycles. The van der Waals surface area contributed by atoms with E-state index in [-0.39, 0.29) is 0 Å². The Bertz CT molecular complexity index is 384. The summed E-state index contributed by atoms with van der Waals surface area (Å²) in [6.07, 6.45) is 15.5. The minimum absolute atomic E-state index is 0.480. The summed E-state index contributed by atoms with van der Waals surface area (Å²) >= 11 is 11.0. The first kappa shape index (κ1) is 13.1. The van der Waals surface area contributed by atoms with Crippen LogP contribution in [0.15, 0.2) is 0 Å². The molecule has 106 valence electrons. The van der Waals surface area contributed by atoms with Gasteiger partial charge in [0.2, 0.25) is 0 Å². The van der Waals surface area contributed by atoms with Gasteiger partial charge in [-0.1, -0.05) is 12.2 Å². The molecule has 0 aliphatic heterocycles. The smallest absolute Gasteiger partial charge is 0.0119 e. The molecule has 0 aromatic heterocycles. The molecule has 4 aliphatic rings. The number of thiocarbonyl (C=S) groups is 1. The Morgan fingerprint density at radius 2 is 1.58 bits per heavy atom. The van der Waals surface area contributed by atoms with Gasteiger partial charge in [0.1, 0.15) is 0 Å². The number of hydrogen-bond donors (Lipinski definition) is 1. The third-order valence-electron chi connectivity index (χ3n) is 7.21. The van der Waals surface area contributed by atoms with E-state index >= 15 is 0 Å². The molecule has 4 aliphatic carbocycles. The molecule has 0 N–H and O–H groups in total. The Labute approximate surface area is 128 Å². The summed E-state index contributed by atoms with van der Waals surface area (Å²) in [5, 5.41) is 0.557. The highest BCUT2D eigenvalue weighted by molar-refractivity contribution is 7.82. The highest BCUT2D eigenvalue weighted by atomic mass is 32.1. The monoisotopic (exact) mass is 294 g/mol. The van der Waals surface area contributed by atoms with E-state index in [2.05, 4.69) is 0 Å². The van der Waals surface area contributed by atoms with Crippen LogP contribution in [0.4, 0.5) is 0 Å². The highest BCUT2D eigenvalue weighted by Crippen LogP contribution is 2.60. The second-order valence-electron chi connectivity index (χ2n) is 8.08. The lowest BCUT2D eigenvalue weighted by molar-refractivity contribution is 0.285. The zero-order valence-electron chi connectivity index (χ0n) is 11.9. The lowest BCUT2D eigenvalue weighted by Gasteiger charge is -2.36. The minimum Gasteiger partial charge on any atom is -0.175 e. The highest BCUT2D eigenvalue weighted by Gasteiger charge is 2.51. The molecule has 2 heteroatoms. The van der Waals surface area contributed by atoms with Crippen LogP contribution in [0.25, 0.3) is 0 Å². The van der Waals surface area contributed by atoms with Crippen molar-refractivity contribution in [3.63, 3.8) is 0 Å². The molecule has 0 aromatic rings. The molecule has 0 amide bonds. The van der Waals surface area contributed by atoms with E-state index in [4.69, 9.17) is 24.8 Å². The van der Waals surface area contributed by atoms with Crippen LogP contribution in [0.3, 0.4) is 0 Å². The zero-order valence-corrected chi connectivity index (χ0v) is 13.6. The van der Waals surface area contributed by atoms with E-state index in [9.17, 15) is 0 Å². The Kier molecular flexibility index (Phi) is 3.09. The molecular weight excluding hydrogens is 268 g/mol. The van der Waals surface area contributed by atoms with Crippen molar-refractivity contribution in [2.24, 2.45) is 22.7 Å². The molecule has 4 bridgehead atoms. The third kappa shape index (κ3) is 1.96. The van der Waals surface area contributed by atoms with Gasteiger partial charge >= 0.3 is 0 Å². The van der Waals surface area contributed by atoms with Gasteiger partial charge in [-0.15, -0.1) is 0 Å². The van der Waals surface area contributed by atoms with Crippen LogP contribution in [0, 0.1) is 22.7 Å². The van der Waals surface area contributed by atoms with Gasteiger partial charge in [-0.25, -0.2) is 0 Å². The first-order valence-corrected chi connectivity index (χ1v) is 9.26. The SMILES string of the molecule is S=C(CC(S)C12CCC(CC1)C2)C12CCC(CC1)C2. The summed E-state index contributed by atoms with van der Waals surface area (Å²) in [6, 6.07) is 0. The van der Waals surface area contributed by atoms with Crippen LogP contribution < -0.4 is 0 Å². The average Bonchev–Trinajstić information content (AvgIpc) is 3.19. The second-order valence-corrected chi connectivity index (χ2v) is 9.20. The van der Waals surface area contributed by atoms with Gasteiger partial charge < -0.3 is 0 Å². The van der Waals surface area contributed by atoms with E-state index in [0.717, 1.165) is 18.3 Å². The van der Waals surface area contributed by atoms with Gasteiger partial charge in [0, 0.05) is 15.5 Å². The molecule has 19 heavy (non-hydrogen) atoms. The van der Waals surface area contributed by atoms with Crippen molar-refractivity contribution in [1.29, 1.82) is 0 Å². The lowest BCUT2D eigenvalue weighted by Crippen LogP contribution is -2.33. The molecule has 1 unspecified atom stereocenters. The fraction of sp³-hybridized carbons (Fsp3) is 0.941. The Balaban J connectivity index is 1.45. The molecule has 0 aromatic carbocycles. The fourth-order valence-corrected chi connectivity index (χ4v) is 7.02. The van der Waals surface area contributed by atoms with Gasteiger partial charge in [-0.05, 0) is 87.9 Å². The summed E-state index contributed by atoms with van der Waals surface area (Å²) in [4.78, 5) is 1.41. The Morgan fingerprint density at radius 3 is 2.05 bits per heavy atom. The standard InChI is InChI=1S/C17H26S2/c18-14(16-5-1-12(10-16)2-6-16)9-15(19)17-7-3-13(11-17)4-8-17/h12-14,18H,1-11H2. The number of hydrogen-bond acceptors (Lipinski definition) is 2. The summed E-state index contributed by atoms with van der Waals surface area (Å²) < 4.78 is 0. The molecule has 4 fully saturated rings.